The van der Waals surface area contributed by atoms with Gasteiger partial charge >= 0.3 is 0 Å². The van der Waals surface area contributed by atoms with Crippen molar-refractivity contribution >= 4 is 12.1 Å². The highest BCUT2D eigenvalue weighted by Crippen LogP contribution is 2.27. The Bertz CT molecular complexity index is 642. The van der Waals surface area contributed by atoms with Crippen molar-refractivity contribution in [3.63, 3.8) is 0 Å². The Balaban J connectivity index is 2.58. The fraction of sp³-hybridized carbons (Fsp3) is 0.368. The maximum Gasteiger partial charge on any atom is 0.271 e. The van der Waals surface area contributed by atoms with Gasteiger partial charge in [0.05, 0.1) is 14.2 Å². The highest BCUT2D eigenvalue weighted by atomic mass is 16.5. The highest BCUT2D eigenvalue weighted by molar-refractivity contribution is 5.95. The predicted octanol–water partition coefficient (Wildman–Crippen LogP) is 4.11. The van der Waals surface area contributed by atoms with E-state index in [1.54, 1.807) is 31.5 Å². The van der Waals surface area contributed by atoms with Gasteiger partial charge in [0.15, 0.2) is 11.5 Å². The van der Waals surface area contributed by atoms with Crippen molar-refractivity contribution in [2.24, 2.45) is 5.10 Å². The molecule has 0 unspecified atom stereocenters. The van der Waals surface area contributed by atoms with Crippen LogP contribution in [0.5, 0.6) is 11.5 Å². The number of amides is 1. The zero-order valence-electron chi connectivity index (χ0n) is 15.1. The zero-order valence-corrected chi connectivity index (χ0v) is 15.1. The molecule has 5 nitrogen and oxygen atoms in total. The molecule has 0 aliphatic rings. The molecule has 24 heavy (non-hydrogen) atoms. The maximum atomic E-state index is 12.1. The van der Waals surface area contributed by atoms with Crippen LogP contribution in [0.4, 0.5) is 0 Å². The molecule has 0 aromatic heterocycles. The van der Waals surface area contributed by atoms with Gasteiger partial charge in [-0.25, -0.2) is 5.43 Å². The third-order valence-corrected chi connectivity index (χ3v) is 3.34. The summed E-state index contributed by atoms with van der Waals surface area (Å²) >= 11 is 0. The Morgan fingerprint density at radius 3 is 2.50 bits per heavy atom. The molecule has 0 fully saturated rings. The summed E-state index contributed by atoms with van der Waals surface area (Å²) in [5, 5.41) is 3.94. The lowest BCUT2D eigenvalue weighted by molar-refractivity contribution is 0.0954. The number of hydrazone groups is 1. The Morgan fingerprint density at radius 1 is 1.17 bits per heavy atom. The number of hydrogen-bond acceptors (Lipinski definition) is 4. The minimum absolute atomic E-state index is 0.303. The van der Waals surface area contributed by atoms with Crippen molar-refractivity contribution in [2.75, 3.05) is 14.2 Å². The molecule has 0 saturated carbocycles. The Morgan fingerprint density at radius 2 is 1.88 bits per heavy atom. The first-order chi connectivity index (χ1) is 11.5. The van der Waals surface area contributed by atoms with Gasteiger partial charge in [-0.3, -0.25) is 4.79 Å². The van der Waals surface area contributed by atoms with Crippen LogP contribution in [0.25, 0.3) is 0 Å². The van der Waals surface area contributed by atoms with Gasteiger partial charge in [-0.15, -0.1) is 0 Å². The molecule has 0 radical (unpaired) electrons. The molecule has 0 aliphatic carbocycles. The van der Waals surface area contributed by atoms with Crippen LogP contribution >= 0.6 is 0 Å². The predicted molar refractivity (Wildman–Crippen MR) is 97.9 cm³/mol. The quantitative estimate of drug-likeness (QED) is 0.443. The average molecular weight is 330 g/mol. The first-order valence-corrected chi connectivity index (χ1v) is 7.82. The molecule has 1 amide bonds. The maximum absolute atomic E-state index is 12.1. The minimum Gasteiger partial charge on any atom is -0.493 e. The van der Waals surface area contributed by atoms with E-state index >= 15 is 0 Å². The minimum atomic E-state index is -0.303. The van der Waals surface area contributed by atoms with Crippen LogP contribution in [-0.2, 0) is 0 Å². The second kappa shape index (κ2) is 10.3. The van der Waals surface area contributed by atoms with Crippen molar-refractivity contribution in [1.29, 1.82) is 0 Å². The van der Waals surface area contributed by atoms with Crippen molar-refractivity contribution in [1.82, 2.24) is 5.43 Å². The number of ether oxygens (including phenoxy) is 2. The lowest BCUT2D eigenvalue weighted by Gasteiger charge is -2.08. The van der Waals surface area contributed by atoms with Crippen LogP contribution in [0.1, 0.15) is 44.0 Å². The molecule has 5 heteroatoms. The normalized spacial score (nSPS) is 11.3. The fourth-order valence-electron chi connectivity index (χ4n) is 1.97. The van der Waals surface area contributed by atoms with Gasteiger partial charge in [0.25, 0.3) is 5.91 Å². The van der Waals surface area contributed by atoms with E-state index in [1.807, 2.05) is 13.0 Å². The molecule has 0 saturated heterocycles. The summed E-state index contributed by atoms with van der Waals surface area (Å²) in [7, 11) is 3.08. The third-order valence-electron chi connectivity index (χ3n) is 3.34. The molecule has 0 spiro atoms. The molecule has 1 aromatic rings. The monoisotopic (exact) mass is 330 g/mol. The number of allylic oxidation sites excluding steroid dienone is 4. The average Bonchev–Trinajstić information content (AvgIpc) is 2.57. The number of carbonyl (C=O) groups excluding carboxylic acids is 1. The molecule has 1 N–H and O–H groups in total. The van der Waals surface area contributed by atoms with Crippen LogP contribution < -0.4 is 14.9 Å². The molecule has 1 rings (SSSR count). The van der Waals surface area contributed by atoms with Gasteiger partial charge in [-0.2, -0.15) is 5.10 Å². The van der Waals surface area contributed by atoms with Crippen LogP contribution in [0.3, 0.4) is 0 Å². The molecule has 0 heterocycles. The first kappa shape index (κ1) is 19.5. The second-order valence-electron chi connectivity index (χ2n) is 5.62. The van der Waals surface area contributed by atoms with Crippen LogP contribution in [-0.4, -0.2) is 26.3 Å². The van der Waals surface area contributed by atoms with Gasteiger partial charge < -0.3 is 9.47 Å². The first-order valence-electron chi connectivity index (χ1n) is 7.82. The number of rotatable bonds is 8. The summed E-state index contributed by atoms with van der Waals surface area (Å²) in [6.45, 7) is 6.22. The molecular formula is C19H26N2O3. The smallest absolute Gasteiger partial charge is 0.271 e. The van der Waals surface area contributed by atoms with Gasteiger partial charge in [-0.1, -0.05) is 17.2 Å². The number of methoxy groups -OCH3 is 2. The van der Waals surface area contributed by atoms with Crippen molar-refractivity contribution in [2.45, 2.75) is 33.6 Å². The van der Waals surface area contributed by atoms with Crippen molar-refractivity contribution in [3.05, 3.63) is 47.1 Å². The van der Waals surface area contributed by atoms with E-state index in [4.69, 9.17) is 9.47 Å². The topological polar surface area (TPSA) is 59.9 Å². The largest absolute Gasteiger partial charge is 0.493 e. The number of benzene rings is 1. The lowest BCUT2D eigenvalue weighted by atomic mass is 10.1. The number of nitrogens with one attached hydrogen (secondary N) is 1. The Labute approximate surface area is 144 Å². The van der Waals surface area contributed by atoms with Gasteiger partial charge in [0, 0.05) is 11.8 Å². The van der Waals surface area contributed by atoms with E-state index in [9.17, 15) is 4.79 Å². The van der Waals surface area contributed by atoms with Gasteiger partial charge in [0.1, 0.15) is 0 Å². The number of nitrogens with zero attached hydrogens (tertiary/aromatic N) is 1. The number of carbonyl (C=O) groups is 1. The van der Waals surface area contributed by atoms with E-state index < -0.39 is 0 Å². The standard InChI is InChI=1S/C19H26N2O3/c1-14(2)7-6-8-15(3)11-12-20-21-19(22)16-9-10-17(23-4)18(13-16)24-5/h7,9-13H,6,8H2,1-5H3,(H,21,22)/b15-11+,20-12+. The van der Waals surface area contributed by atoms with E-state index in [-0.39, 0.29) is 5.91 Å². The summed E-state index contributed by atoms with van der Waals surface area (Å²) < 4.78 is 10.3. The summed E-state index contributed by atoms with van der Waals surface area (Å²) in [4.78, 5) is 12.1. The van der Waals surface area contributed by atoms with Crippen molar-refractivity contribution < 1.29 is 14.3 Å². The third kappa shape index (κ3) is 6.69. The Kier molecular flexibility index (Phi) is 8.33. The van der Waals surface area contributed by atoms with Crippen molar-refractivity contribution in [3.8, 4) is 11.5 Å². The van der Waals surface area contributed by atoms with Crippen LogP contribution in [0, 0.1) is 0 Å². The van der Waals surface area contributed by atoms with Crippen LogP contribution in [0.15, 0.2) is 46.6 Å². The number of hydrogen-bond donors (Lipinski definition) is 1. The highest BCUT2D eigenvalue weighted by Gasteiger charge is 2.09. The van der Waals surface area contributed by atoms with E-state index in [2.05, 4.69) is 30.5 Å². The molecule has 0 bridgehead atoms. The Hall–Kier alpha value is -2.56. The summed E-state index contributed by atoms with van der Waals surface area (Å²) in [6.07, 6.45) is 7.68. The molecular weight excluding hydrogens is 304 g/mol. The second-order valence-corrected chi connectivity index (χ2v) is 5.62. The van der Waals surface area contributed by atoms with Crippen LogP contribution in [0.2, 0.25) is 0 Å². The van der Waals surface area contributed by atoms with Gasteiger partial charge in [-0.05, 0) is 57.9 Å². The summed E-state index contributed by atoms with van der Waals surface area (Å²) in [6, 6.07) is 4.96. The lowest BCUT2D eigenvalue weighted by Crippen LogP contribution is -2.17. The SMILES string of the molecule is COc1ccc(C(=O)N/N=C/C=C(\C)CCC=C(C)C)cc1OC. The fourth-order valence-corrected chi connectivity index (χ4v) is 1.97. The molecule has 130 valence electrons. The molecule has 1 aromatic carbocycles. The summed E-state index contributed by atoms with van der Waals surface area (Å²) in [5.74, 6) is 0.777. The molecule has 0 aliphatic heterocycles. The van der Waals surface area contributed by atoms with E-state index in [1.165, 1.54) is 18.3 Å². The van der Waals surface area contributed by atoms with E-state index in [0.29, 0.717) is 17.1 Å². The molecule has 0 atom stereocenters. The van der Waals surface area contributed by atoms with Gasteiger partial charge in [0.2, 0.25) is 0 Å². The zero-order chi connectivity index (χ0) is 17.9. The van der Waals surface area contributed by atoms with E-state index in [0.717, 1.165) is 12.8 Å². The summed E-state index contributed by atoms with van der Waals surface area (Å²) in [5.41, 5.74) is 5.47.